The molecule has 0 aliphatic carbocycles. The van der Waals surface area contributed by atoms with E-state index in [4.69, 9.17) is 19.6 Å². The van der Waals surface area contributed by atoms with E-state index in [2.05, 4.69) is 15.9 Å². The Hall–Kier alpha value is -0.460. The van der Waals surface area contributed by atoms with Crippen molar-refractivity contribution >= 4 is 15.9 Å². The Morgan fingerprint density at radius 1 is 1.00 bits per heavy atom. The van der Waals surface area contributed by atoms with Gasteiger partial charge in [0.05, 0.1) is 13.2 Å². The Kier molecular flexibility index (Phi) is 7.39. The number of halogens is 1. The molecule has 1 aromatic carbocycles. The lowest BCUT2D eigenvalue weighted by atomic mass is 10.1. The molecule has 0 aliphatic rings. The third-order valence-electron chi connectivity index (χ3n) is 1.90. The van der Waals surface area contributed by atoms with Crippen LogP contribution < -0.4 is 0 Å². The molecule has 0 fully saturated rings. The SMILES string of the molecule is CCOOC(Cc1ccc(Br)cc1)OOCC. The van der Waals surface area contributed by atoms with Gasteiger partial charge in [0.15, 0.2) is 0 Å². The van der Waals surface area contributed by atoms with Gasteiger partial charge in [0, 0.05) is 10.9 Å². The summed E-state index contributed by atoms with van der Waals surface area (Å²) in [5.74, 6) is 0. The molecular weight excluding hydrogens is 288 g/mol. The molecule has 17 heavy (non-hydrogen) atoms. The van der Waals surface area contributed by atoms with E-state index in [1.54, 1.807) is 0 Å². The van der Waals surface area contributed by atoms with E-state index in [9.17, 15) is 0 Å². The number of hydrogen-bond donors (Lipinski definition) is 0. The molecule has 0 N–H and O–H groups in total. The predicted molar refractivity (Wildman–Crippen MR) is 67.1 cm³/mol. The third-order valence-corrected chi connectivity index (χ3v) is 2.43. The van der Waals surface area contributed by atoms with Crippen molar-refractivity contribution < 1.29 is 19.6 Å². The number of benzene rings is 1. The van der Waals surface area contributed by atoms with Gasteiger partial charge in [0.1, 0.15) is 0 Å². The van der Waals surface area contributed by atoms with Crippen LogP contribution in [0.3, 0.4) is 0 Å². The fourth-order valence-corrected chi connectivity index (χ4v) is 1.45. The summed E-state index contributed by atoms with van der Waals surface area (Å²) in [5, 5.41) is 0. The Labute approximate surface area is 110 Å². The third kappa shape index (κ3) is 6.14. The van der Waals surface area contributed by atoms with Gasteiger partial charge in [-0.3, -0.25) is 0 Å². The highest BCUT2D eigenvalue weighted by molar-refractivity contribution is 9.10. The van der Waals surface area contributed by atoms with Crippen molar-refractivity contribution in [2.75, 3.05) is 13.2 Å². The lowest BCUT2D eigenvalue weighted by molar-refractivity contribution is -0.459. The van der Waals surface area contributed by atoms with Crippen LogP contribution in [0.15, 0.2) is 28.7 Å². The average Bonchev–Trinajstić information content (AvgIpc) is 2.35. The van der Waals surface area contributed by atoms with Crippen LogP contribution in [-0.2, 0) is 26.0 Å². The maximum atomic E-state index is 5.07. The number of rotatable bonds is 8. The first-order chi connectivity index (χ1) is 8.26. The largest absolute Gasteiger partial charge is 0.234 e. The predicted octanol–water partition coefficient (Wildman–Crippen LogP) is 3.25. The van der Waals surface area contributed by atoms with Crippen LogP contribution in [0.2, 0.25) is 0 Å². The van der Waals surface area contributed by atoms with Crippen molar-refractivity contribution in [1.29, 1.82) is 0 Å². The van der Waals surface area contributed by atoms with Crippen LogP contribution in [0.4, 0.5) is 0 Å². The molecule has 96 valence electrons. The van der Waals surface area contributed by atoms with Crippen LogP contribution in [0.5, 0.6) is 0 Å². The van der Waals surface area contributed by atoms with Crippen LogP contribution >= 0.6 is 15.9 Å². The van der Waals surface area contributed by atoms with Crippen LogP contribution in [0, 0.1) is 0 Å². The smallest absolute Gasteiger partial charge is 0.228 e. The maximum absolute atomic E-state index is 5.07. The van der Waals surface area contributed by atoms with E-state index in [1.807, 2.05) is 38.1 Å². The van der Waals surface area contributed by atoms with Gasteiger partial charge in [-0.1, -0.05) is 28.1 Å². The van der Waals surface area contributed by atoms with Gasteiger partial charge in [-0.15, -0.1) is 0 Å². The minimum atomic E-state index is -0.559. The molecule has 0 radical (unpaired) electrons. The second-order valence-electron chi connectivity index (χ2n) is 3.27. The van der Waals surface area contributed by atoms with Gasteiger partial charge in [0.25, 0.3) is 0 Å². The second-order valence-corrected chi connectivity index (χ2v) is 4.18. The summed E-state index contributed by atoms with van der Waals surface area (Å²) in [7, 11) is 0. The lowest BCUT2D eigenvalue weighted by Gasteiger charge is -2.15. The molecule has 0 heterocycles. The van der Waals surface area contributed by atoms with Gasteiger partial charge >= 0.3 is 0 Å². The monoisotopic (exact) mass is 304 g/mol. The Balaban J connectivity index is 2.48. The zero-order valence-electron chi connectivity index (χ0n) is 10.0. The standard InChI is InChI=1S/C12H17BrO4/c1-3-14-16-12(17-15-4-2)9-10-5-7-11(13)8-6-10/h5-8,12H,3-4,9H2,1-2H3. The summed E-state index contributed by atoms with van der Waals surface area (Å²) < 4.78 is 1.04. The fraction of sp³-hybridized carbons (Fsp3) is 0.500. The first-order valence-corrected chi connectivity index (χ1v) is 6.36. The first kappa shape index (κ1) is 14.6. The molecular formula is C12H17BrO4. The van der Waals surface area contributed by atoms with Crippen molar-refractivity contribution in [3.05, 3.63) is 34.3 Å². The van der Waals surface area contributed by atoms with Gasteiger partial charge in [-0.25, -0.2) is 19.6 Å². The summed E-state index contributed by atoms with van der Waals surface area (Å²) >= 11 is 3.38. The fourth-order valence-electron chi connectivity index (χ4n) is 1.18. The Morgan fingerprint density at radius 3 is 2.00 bits per heavy atom. The highest BCUT2D eigenvalue weighted by atomic mass is 79.9. The summed E-state index contributed by atoms with van der Waals surface area (Å²) in [6, 6.07) is 7.91. The molecule has 1 rings (SSSR count). The van der Waals surface area contributed by atoms with E-state index in [0.29, 0.717) is 19.6 Å². The molecule has 0 unspecified atom stereocenters. The summed E-state index contributed by atoms with van der Waals surface area (Å²) in [5.41, 5.74) is 1.08. The van der Waals surface area contributed by atoms with Crippen LogP contribution in [0.25, 0.3) is 0 Å². The lowest BCUT2D eigenvalue weighted by Crippen LogP contribution is -2.21. The number of hydrogen-bond acceptors (Lipinski definition) is 4. The van der Waals surface area contributed by atoms with E-state index >= 15 is 0 Å². The van der Waals surface area contributed by atoms with Crippen molar-refractivity contribution in [2.45, 2.75) is 26.6 Å². The molecule has 0 aromatic heterocycles. The molecule has 4 nitrogen and oxygen atoms in total. The Morgan fingerprint density at radius 2 is 1.53 bits per heavy atom. The first-order valence-electron chi connectivity index (χ1n) is 5.57. The van der Waals surface area contributed by atoms with Gasteiger partial charge < -0.3 is 0 Å². The molecule has 0 amide bonds. The van der Waals surface area contributed by atoms with E-state index in [1.165, 1.54) is 0 Å². The molecule has 0 spiro atoms. The van der Waals surface area contributed by atoms with E-state index in [-0.39, 0.29) is 0 Å². The van der Waals surface area contributed by atoms with Crippen molar-refractivity contribution in [3.8, 4) is 0 Å². The molecule has 0 aliphatic heterocycles. The molecule has 0 saturated heterocycles. The molecule has 0 bridgehead atoms. The van der Waals surface area contributed by atoms with Crippen LogP contribution in [0.1, 0.15) is 19.4 Å². The van der Waals surface area contributed by atoms with Gasteiger partial charge in [-0.05, 0) is 31.5 Å². The summed E-state index contributed by atoms with van der Waals surface area (Å²) in [6.07, 6.45) is 0.00359. The van der Waals surface area contributed by atoms with Crippen molar-refractivity contribution in [1.82, 2.24) is 0 Å². The zero-order chi connectivity index (χ0) is 12.5. The van der Waals surface area contributed by atoms with Gasteiger partial charge in [-0.2, -0.15) is 0 Å². The van der Waals surface area contributed by atoms with E-state index in [0.717, 1.165) is 10.0 Å². The minimum absolute atomic E-state index is 0.465. The Bertz CT molecular complexity index is 294. The maximum Gasteiger partial charge on any atom is 0.228 e. The molecule has 5 heteroatoms. The summed E-state index contributed by atoms with van der Waals surface area (Å²) in [6.45, 7) is 4.62. The van der Waals surface area contributed by atoms with Crippen molar-refractivity contribution in [3.63, 3.8) is 0 Å². The molecule has 0 atom stereocenters. The van der Waals surface area contributed by atoms with Gasteiger partial charge in [0.2, 0.25) is 6.29 Å². The van der Waals surface area contributed by atoms with E-state index < -0.39 is 6.29 Å². The zero-order valence-corrected chi connectivity index (χ0v) is 11.6. The average molecular weight is 305 g/mol. The normalized spacial score (nSPS) is 11.1. The highest BCUT2D eigenvalue weighted by Crippen LogP contribution is 2.13. The quantitative estimate of drug-likeness (QED) is 0.420. The van der Waals surface area contributed by atoms with Crippen LogP contribution in [-0.4, -0.2) is 19.5 Å². The second kappa shape index (κ2) is 8.60. The molecule has 1 aromatic rings. The minimum Gasteiger partial charge on any atom is -0.234 e. The highest BCUT2D eigenvalue weighted by Gasteiger charge is 2.13. The summed E-state index contributed by atoms with van der Waals surface area (Å²) in [4.78, 5) is 19.9. The topological polar surface area (TPSA) is 36.9 Å². The van der Waals surface area contributed by atoms with Crippen molar-refractivity contribution in [2.24, 2.45) is 0 Å². The molecule has 0 saturated carbocycles.